The Hall–Kier alpha value is -1.15. The Bertz CT molecular complexity index is 661. The Morgan fingerprint density at radius 3 is 2.70 bits per heavy atom. The van der Waals surface area contributed by atoms with E-state index in [1.807, 2.05) is 0 Å². The van der Waals surface area contributed by atoms with Gasteiger partial charge >= 0.3 is 5.97 Å². The molecule has 104 valence electrons. The second-order valence-electron chi connectivity index (χ2n) is 3.97. The molecule has 2 aromatic carbocycles. The molecule has 0 atom stereocenters. The predicted octanol–water partition coefficient (Wildman–Crippen LogP) is 4.47. The van der Waals surface area contributed by atoms with Crippen molar-refractivity contribution in [3.63, 3.8) is 0 Å². The van der Waals surface area contributed by atoms with Crippen LogP contribution in [0.4, 0.5) is 4.39 Å². The molecule has 0 spiro atoms. The summed E-state index contributed by atoms with van der Waals surface area (Å²) in [7, 11) is 0. The Kier molecular flexibility index (Phi) is 4.98. The summed E-state index contributed by atoms with van der Waals surface area (Å²) in [6.07, 6.45) is 0. The fourth-order valence-electron chi connectivity index (χ4n) is 1.54. The Balaban J connectivity index is 2.18. The van der Waals surface area contributed by atoms with Gasteiger partial charge in [0.15, 0.2) is 0 Å². The molecule has 20 heavy (non-hydrogen) atoms. The summed E-state index contributed by atoms with van der Waals surface area (Å²) >= 11 is 5.33. The summed E-state index contributed by atoms with van der Waals surface area (Å²) in [6, 6.07) is 9.00. The van der Waals surface area contributed by atoms with Crippen LogP contribution in [-0.2, 0) is 6.61 Å². The highest BCUT2D eigenvalue weighted by atomic mass is 127. The highest BCUT2D eigenvalue weighted by Crippen LogP contribution is 2.25. The predicted molar refractivity (Wildman–Crippen MR) is 84.6 cm³/mol. The van der Waals surface area contributed by atoms with Crippen LogP contribution >= 0.6 is 38.5 Å². The Morgan fingerprint density at radius 1 is 1.30 bits per heavy atom. The summed E-state index contributed by atoms with van der Waals surface area (Å²) in [6.45, 7) is 0.222. The number of carbonyl (C=O) groups is 1. The molecule has 2 rings (SSSR count). The zero-order chi connectivity index (χ0) is 14.7. The molecular formula is C14H9BrFIO3. The standard InChI is InChI=1S/C14H9BrFIO3/c15-11-6-10(16)3-1-9(11)7-20-13-5-8(14(18)19)2-4-12(13)17/h1-6H,7H2,(H,18,19). The Morgan fingerprint density at radius 2 is 2.05 bits per heavy atom. The van der Waals surface area contributed by atoms with Crippen LogP contribution in [0.1, 0.15) is 15.9 Å². The molecule has 0 aromatic heterocycles. The van der Waals surface area contributed by atoms with Crippen molar-refractivity contribution in [2.24, 2.45) is 0 Å². The minimum absolute atomic E-state index is 0.165. The number of aromatic carboxylic acids is 1. The fourth-order valence-corrected chi connectivity index (χ4v) is 2.50. The third-order valence-corrected chi connectivity index (χ3v) is 4.21. The fraction of sp³-hybridized carbons (Fsp3) is 0.0714. The van der Waals surface area contributed by atoms with Crippen LogP contribution in [0.15, 0.2) is 40.9 Å². The van der Waals surface area contributed by atoms with Gasteiger partial charge in [-0.25, -0.2) is 9.18 Å². The number of halogens is 3. The monoisotopic (exact) mass is 450 g/mol. The molecule has 0 aliphatic rings. The molecule has 2 aromatic rings. The maximum atomic E-state index is 13.0. The molecule has 0 saturated carbocycles. The molecule has 1 N–H and O–H groups in total. The lowest BCUT2D eigenvalue weighted by Gasteiger charge is -2.10. The molecule has 0 aliphatic heterocycles. The van der Waals surface area contributed by atoms with Crippen molar-refractivity contribution in [1.82, 2.24) is 0 Å². The molecule has 0 amide bonds. The summed E-state index contributed by atoms with van der Waals surface area (Å²) in [4.78, 5) is 10.9. The van der Waals surface area contributed by atoms with Gasteiger partial charge in [-0.2, -0.15) is 0 Å². The molecular weight excluding hydrogens is 442 g/mol. The first-order valence-corrected chi connectivity index (χ1v) is 7.44. The van der Waals surface area contributed by atoms with Crippen LogP contribution < -0.4 is 4.74 Å². The van der Waals surface area contributed by atoms with E-state index in [0.29, 0.717) is 10.2 Å². The van der Waals surface area contributed by atoms with Crippen molar-refractivity contribution in [3.05, 3.63) is 61.4 Å². The van der Waals surface area contributed by atoms with E-state index in [1.165, 1.54) is 24.3 Å². The van der Waals surface area contributed by atoms with Crippen molar-refractivity contribution in [2.45, 2.75) is 6.61 Å². The van der Waals surface area contributed by atoms with Crippen molar-refractivity contribution < 1.29 is 19.0 Å². The van der Waals surface area contributed by atoms with Crippen LogP contribution in [0.2, 0.25) is 0 Å². The molecule has 0 heterocycles. The largest absolute Gasteiger partial charge is 0.488 e. The van der Waals surface area contributed by atoms with E-state index < -0.39 is 5.97 Å². The number of hydrogen-bond donors (Lipinski definition) is 1. The highest BCUT2D eigenvalue weighted by molar-refractivity contribution is 14.1. The van der Waals surface area contributed by atoms with Gasteiger partial charge < -0.3 is 9.84 Å². The van der Waals surface area contributed by atoms with E-state index in [1.54, 1.807) is 12.1 Å². The van der Waals surface area contributed by atoms with Crippen LogP contribution in [0.3, 0.4) is 0 Å². The average molecular weight is 451 g/mol. The third kappa shape index (κ3) is 3.69. The van der Waals surface area contributed by atoms with E-state index in [2.05, 4.69) is 38.5 Å². The number of hydrogen-bond acceptors (Lipinski definition) is 2. The van der Waals surface area contributed by atoms with Gasteiger partial charge in [0.1, 0.15) is 18.2 Å². The van der Waals surface area contributed by atoms with E-state index in [0.717, 1.165) is 9.13 Å². The van der Waals surface area contributed by atoms with Gasteiger partial charge in [0, 0.05) is 10.0 Å². The summed E-state index contributed by atoms with van der Waals surface area (Å²) < 4.78 is 20.0. The lowest BCUT2D eigenvalue weighted by atomic mass is 10.2. The van der Waals surface area contributed by atoms with Gasteiger partial charge in [-0.3, -0.25) is 0 Å². The van der Waals surface area contributed by atoms with Crippen molar-refractivity contribution in [2.75, 3.05) is 0 Å². The van der Waals surface area contributed by atoms with Gasteiger partial charge in [-0.15, -0.1) is 0 Å². The third-order valence-electron chi connectivity index (χ3n) is 2.58. The van der Waals surface area contributed by atoms with Crippen LogP contribution in [0, 0.1) is 9.39 Å². The smallest absolute Gasteiger partial charge is 0.335 e. The summed E-state index contributed by atoms with van der Waals surface area (Å²) in [5.74, 6) is -0.848. The molecule has 0 aliphatic carbocycles. The van der Waals surface area contributed by atoms with Crippen LogP contribution in [-0.4, -0.2) is 11.1 Å². The zero-order valence-corrected chi connectivity index (χ0v) is 13.8. The minimum atomic E-state index is -1.01. The first-order valence-electron chi connectivity index (χ1n) is 5.57. The zero-order valence-electron chi connectivity index (χ0n) is 10.1. The minimum Gasteiger partial charge on any atom is -0.488 e. The highest BCUT2D eigenvalue weighted by Gasteiger charge is 2.09. The van der Waals surface area contributed by atoms with E-state index in [-0.39, 0.29) is 18.0 Å². The average Bonchev–Trinajstić information content (AvgIpc) is 2.39. The first kappa shape index (κ1) is 15.2. The SMILES string of the molecule is O=C(O)c1ccc(I)c(OCc2ccc(F)cc2Br)c1. The van der Waals surface area contributed by atoms with Gasteiger partial charge in [0.2, 0.25) is 0 Å². The van der Waals surface area contributed by atoms with Crippen LogP contribution in [0.25, 0.3) is 0 Å². The van der Waals surface area contributed by atoms with E-state index >= 15 is 0 Å². The van der Waals surface area contributed by atoms with Crippen molar-refractivity contribution in [1.29, 1.82) is 0 Å². The molecule has 3 nitrogen and oxygen atoms in total. The quantitative estimate of drug-likeness (QED) is 0.699. The van der Waals surface area contributed by atoms with Gasteiger partial charge in [0.25, 0.3) is 0 Å². The molecule has 0 unspecified atom stereocenters. The van der Waals surface area contributed by atoms with Crippen molar-refractivity contribution >= 4 is 44.5 Å². The number of carboxylic acids is 1. The first-order chi connectivity index (χ1) is 9.47. The second-order valence-corrected chi connectivity index (χ2v) is 5.99. The molecule has 0 saturated heterocycles. The summed E-state index contributed by atoms with van der Waals surface area (Å²) in [5.41, 5.74) is 0.946. The number of ether oxygens (including phenoxy) is 1. The molecule has 0 fully saturated rings. The molecule has 0 bridgehead atoms. The van der Waals surface area contributed by atoms with Gasteiger partial charge in [-0.1, -0.05) is 22.0 Å². The van der Waals surface area contributed by atoms with Crippen LogP contribution in [0.5, 0.6) is 5.75 Å². The number of carboxylic acid groups (broad SMARTS) is 1. The van der Waals surface area contributed by atoms with E-state index in [9.17, 15) is 9.18 Å². The number of rotatable bonds is 4. The van der Waals surface area contributed by atoms with Gasteiger partial charge in [0.05, 0.1) is 9.13 Å². The molecule has 6 heteroatoms. The number of benzene rings is 2. The van der Waals surface area contributed by atoms with Gasteiger partial charge in [-0.05, 0) is 52.9 Å². The lowest BCUT2D eigenvalue weighted by molar-refractivity contribution is 0.0696. The lowest BCUT2D eigenvalue weighted by Crippen LogP contribution is -2.01. The summed E-state index contributed by atoms with van der Waals surface area (Å²) in [5, 5.41) is 8.95. The maximum Gasteiger partial charge on any atom is 0.335 e. The molecule has 0 radical (unpaired) electrons. The Labute approximate surface area is 137 Å². The topological polar surface area (TPSA) is 46.5 Å². The second kappa shape index (κ2) is 6.53. The maximum absolute atomic E-state index is 13.0. The normalized spacial score (nSPS) is 10.3. The van der Waals surface area contributed by atoms with Crippen molar-refractivity contribution in [3.8, 4) is 5.75 Å². The van der Waals surface area contributed by atoms with E-state index in [4.69, 9.17) is 9.84 Å².